The van der Waals surface area contributed by atoms with Gasteiger partial charge in [-0.05, 0) is 60.7 Å². The molecule has 0 bridgehead atoms. The lowest BCUT2D eigenvalue weighted by molar-refractivity contribution is 0.0544. The average Bonchev–Trinajstić information content (AvgIpc) is 3.04. The first-order valence-corrected chi connectivity index (χ1v) is 15.1. The van der Waals surface area contributed by atoms with Gasteiger partial charge in [-0.3, -0.25) is 4.98 Å². The molecule has 4 aromatic carbocycles. The third-order valence-corrected chi connectivity index (χ3v) is 8.39. The first-order valence-electron chi connectivity index (χ1n) is 14.0. The zero-order chi connectivity index (χ0) is 29.6. The van der Waals surface area contributed by atoms with Gasteiger partial charge in [0.2, 0.25) is 0 Å². The highest BCUT2D eigenvalue weighted by Crippen LogP contribution is 2.37. The van der Waals surface area contributed by atoms with Gasteiger partial charge < -0.3 is 19.9 Å². The second-order valence-corrected chi connectivity index (χ2v) is 11.4. The van der Waals surface area contributed by atoms with Crippen molar-refractivity contribution in [2.45, 2.75) is 16.0 Å². The van der Waals surface area contributed by atoms with E-state index in [9.17, 15) is 0 Å². The van der Waals surface area contributed by atoms with E-state index < -0.39 is 6.17 Å². The van der Waals surface area contributed by atoms with Crippen molar-refractivity contribution in [1.29, 1.82) is 0 Å². The normalized spacial score (nSPS) is 14.4. The second kappa shape index (κ2) is 13.6. The smallest absolute Gasteiger partial charge is 0.126 e. The molecule has 1 atom stereocenters. The highest BCUT2D eigenvalue weighted by Gasteiger charge is 2.27. The third-order valence-electron chi connectivity index (χ3n) is 7.05. The van der Waals surface area contributed by atoms with Crippen LogP contribution in [0.3, 0.4) is 0 Å². The molecule has 0 spiro atoms. The lowest BCUT2D eigenvalue weighted by Gasteiger charge is -2.33. The van der Waals surface area contributed by atoms with E-state index in [-0.39, 0.29) is 0 Å². The number of anilines is 1. The number of nitrogens with two attached hydrogens (primary N) is 1. The van der Waals surface area contributed by atoms with E-state index in [4.69, 9.17) is 36.6 Å². The molecule has 0 aliphatic carbocycles. The molecule has 43 heavy (non-hydrogen) atoms. The van der Waals surface area contributed by atoms with Gasteiger partial charge in [-0.25, -0.2) is 5.01 Å². The van der Waals surface area contributed by atoms with Crippen LogP contribution in [0.1, 0.15) is 22.9 Å². The molecule has 0 amide bonds. The van der Waals surface area contributed by atoms with Crippen LogP contribution in [0, 0.1) is 0 Å². The first-order chi connectivity index (χ1) is 21.1. The van der Waals surface area contributed by atoms with Gasteiger partial charge in [-0.2, -0.15) is 5.10 Å². The van der Waals surface area contributed by atoms with Crippen LogP contribution in [-0.2, 0) is 9.47 Å². The van der Waals surface area contributed by atoms with Crippen molar-refractivity contribution in [3.8, 4) is 5.75 Å². The van der Waals surface area contributed by atoms with Crippen molar-refractivity contribution in [2.75, 3.05) is 38.5 Å². The molecule has 5 aromatic rings. The van der Waals surface area contributed by atoms with Crippen LogP contribution in [0.2, 0.25) is 5.02 Å². The molecule has 0 saturated carbocycles. The Balaban J connectivity index is 1.22. The second-order valence-electron chi connectivity index (χ2n) is 9.87. The fourth-order valence-electron chi connectivity index (χ4n) is 4.90. The zero-order valence-electron chi connectivity index (χ0n) is 23.7. The first kappa shape index (κ1) is 29.2. The largest absolute Gasteiger partial charge is 0.491 e. The number of halogens is 1. The van der Waals surface area contributed by atoms with Gasteiger partial charge in [-0.15, -0.1) is 0 Å². The third kappa shape index (κ3) is 6.69. The number of methoxy groups -OCH3 is 1. The number of ether oxygens (including phenoxy) is 3. The van der Waals surface area contributed by atoms with Gasteiger partial charge in [0.25, 0.3) is 0 Å². The van der Waals surface area contributed by atoms with Crippen molar-refractivity contribution in [3.05, 3.63) is 125 Å². The monoisotopic (exact) mass is 610 g/mol. The van der Waals surface area contributed by atoms with Gasteiger partial charge in [0.05, 0.1) is 36.7 Å². The summed E-state index contributed by atoms with van der Waals surface area (Å²) in [4.78, 5) is 6.72. The molecular weight excluding hydrogens is 580 g/mol. The predicted molar refractivity (Wildman–Crippen MR) is 173 cm³/mol. The summed E-state index contributed by atoms with van der Waals surface area (Å²) in [5.74, 6) is 0.779. The highest BCUT2D eigenvalue weighted by atomic mass is 35.5. The summed E-state index contributed by atoms with van der Waals surface area (Å²) in [5, 5.41) is 8.62. The van der Waals surface area contributed by atoms with Gasteiger partial charge in [0.1, 0.15) is 18.5 Å². The molecule has 0 radical (unpaired) electrons. The topological polar surface area (TPSA) is 82.2 Å². The quantitative estimate of drug-likeness (QED) is 0.157. The molecule has 0 fully saturated rings. The van der Waals surface area contributed by atoms with E-state index in [0.29, 0.717) is 31.5 Å². The van der Waals surface area contributed by atoms with Crippen LogP contribution in [0.5, 0.6) is 5.75 Å². The number of hydrogen-bond donors (Lipinski definition) is 1. The Morgan fingerprint density at radius 2 is 1.67 bits per heavy atom. The fraction of sp³-hybridized carbons (Fsp3) is 0.176. The van der Waals surface area contributed by atoms with Gasteiger partial charge in [-0.1, -0.05) is 59.8 Å². The number of pyridine rings is 1. The van der Waals surface area contributed by atoms with Gasteiger partial charge in [0.15, 0.2) is 0 Å². The standard InChI is InChI=1S/C34H31ClN4O3S/c1-40-18-19-41-20-21-42-26-12-15-31-30(22-26)32(16-17-37-31)43-27-13-10-25(11-14-27)39-34(36)29-5-3-2-4-28(29)33(38-39)23-6-8-24(35)9-7-23/h2-17,22,34H,18-21,36H2,1H3. The Morgan fingerprint density at radius 3 is 2.49 bits per heavy atom. The molecule has 2 heterocycles. The summed E-state index contributed by atoms with van der Waals surface area (Å²) in [7, 11) is 1.66. The summed E-state index contributed by atoms with van der Waals surface area (Å²) in [5.41, 5.74) is 12.4. The minimum absolute atomic E-state index is 0.418. The number of hydrogen-bond acceptors (Lipinski definition) is 8. The maximum atomic E-state index is 6.75. The Kier molecular flexibility index (Phi) is 9.21. The Labute approximate surface area is 260 Å². The van der Waals surface area contributed by atoms with Gasteiger partial charge >= 0.3 is 0 Å². The maximum absolute atomic E-state index is 6.75. The molecule has 0 saturated heterocycles. The predicted octanol–water partition coefficient (Wildman–Crippen LogP) is 7.31. The van der Waals surface area contributed by atoms with E-state index in [2.05, 4.69) is 41.4 Å². The summed E-state index contributed by atoms with van der Waals surface area (Å²) in [6, 6.07) is 32.1. The number of hydrazone groups is 1. The minimum atomic E-state index is -0.418. The van der Waals surface area contributed by atoms with Crippen LogP contribution >= 0.6 is 23.4 Å². The van der Waals surface area contributed by atoms with E-state index in [1.165, 1.54) is 0 Å². The number of benzene rings is 4. The van der Waals surface area contributed by atoms with Crippen molar-refractivity contribution >= 4 is 45.7 Å². The Morgan fingerprint density at radius 1 is 0.884 bits per heavy atom. The lowest BCUT2D eigenvalue weighted by atomic mass is 9.94. The van der Waals surface area contributed by atoms with Crippen LogP contribution in [0.15, 0.2) is 118 Å². The van der Waals surface area contributed by atoms with Crippen LogP contribution in [-0.4, -0.2) is 44.2 Å². The van der Waals surface area contributed by atoms with Crippen LogP contribution < -0.4 is 15.5 Å². The van der Waals surface area contributed by atoms with Crippen molar-refractivity contribution in [1.82, 2.24) is 4.98 Å². The van der Waals surface area contributed by atoms with E-state index >= 15 is 0 Å². The molecule has 1 aliphatic rings. The molecule has 7 nitrogen and oxygen atoms in total. The molecule has 6 rings (SSSR count). The van der Waals surface area contributed by atoms with Crippen molar-refractivity contribution in [2.24, 2.45) is 10.8 Å². The number of fused-ring (bicyclic) bond motifs is 2. The zero-order valence-corrected chi connectivity index (χ0v) is 25.2. The fourth-order valence-corrected chi connectivity index (χ4v) is 5.96. The van der Waals surface area contributed by atoms with Crippen LogP contribution in [0.4, 0.5) is 5.69 Å². The molecule has 1 aromatic heterocycles. The average molecular weight is 611 g/mol. The summed E-state index contributed by atoms with van der Waals surface area (Å²) < 4.78 is 16.4. The Hall–Kier alpha value is -3.92. The summed E-state index contributed by atoms with van der Waals surface area (Å²) >= 11 is 7.84. The molecule has 1 unspecified atom stereocenters. The van der Waals surface area contributed by atoms with E-state index in [1.807, 2.05) is 71.9 Å². The number of rotatable bonds is 11. The van der Waals surface area contributed by atoms with E-state index in [0.717, 1.165) is 54.5 Å². The lowest BCUT2D eigenvalue weighted by Crippen LogP contribution is -2.36. The Bertz CT molecular complexity index is 1730. The molecule has 218 valence electrons. The number of nitrogens with zero attached hydrogens (tertiary/aromatic N) is 3. The number of aromatic nitrogens is 1. The van der Waals surface area contributed by atoms with Crippen molar-refractivity contribution in [3.63, 3.8) is 0 Å². The maximum Gasteiger partial charge on any atom is 0.126 e. The van der Waals surface area contributed by atoms with Gasteiger partial charge in [0, 0.05) is 50.2 Å². The molecule has 2 N–H and O–H groups in total. The molecule has 1 aliphatic heterocycles. The van der Waals surface area contributed by atoms with E-state index in [1.54, 1.807) is 18.9 Å². The van der Waals surface area contributed by atoms with Crippen LogP contribution in [0.25, 0.3) is 10.9 Å². The summed E-state index contributed by atoms with van der Waals surface area (Å²) in [6.45, 7) is 2.08. The van der Waals surface area contributed by atoms with Crippen molar-refractivity contribution < 1.29 is 14.2 Å². The molecule has 9 heteroatoms. The minimum Gasteiger partial charge on any atom is -0.491 e. The molecular formula is C34H31ClN4O3S. The SMILES string of the molecule is COCCOCCOc1ccc2nccc(Sc3ccc(N4N=C(c5ccc(Cl)cc5)c5ccccc5C4N)cc3)c2c1. The summed E-state index contributed by atoms with van der Waals surface area (Å²) in [6.07, 6.45) is 1.42. The highest BCUT2D eigenvalue weighted by molar-refractivity contribution is 7.99.